The summed E-state index contributed by atoms with van der Waals surface area (Å²) in [5, 5.41) is 4.85. The van der Waals surface area contributed by atoms with Crippen LogP contribution in [-0.4, -0.2) is 35.9 Å². The fourth-order valence-electron chi connectivity index (χ4n) is 3.27. The van der Waals surface area contributed by atoms with Crippen LogP contribution in [0.4, 0.5) is 0 Å². The van der Waals surface area contributed by atoms with E-state index >= 15 is 0 Å². The molecule has 5 nitrogen and oxygen atoms in total. The number of carbonyl (C=O) groups is 2. The number of ether oxygens (including phenoxy) is 1. The van der Waals surface area contributed by atoms with Crippen LogP contribution in [0.3, 0.4) is 0 Å². The molecule has 1 saturated heterocycles. The fourth-order valence-corrected chi connectivity index (χ4v) is 4.05. The molecule has 0 bridgehead atoms. The summed E-state index contributed by atoms with van der Waals surface area (Å²) in [4.78, 5) is 27.3. The maximum atomic E-state index is 12.9. The zero-order chi connectivity index (χ0) is 18.5. The van der Waals surface area contributed by atoms with Crippen LogP contribution in [0.1, 0.15) is 42.9 Å². The number of nitrogens with one attached hydrogen (secondary N) is 1. The molecule has 2 aromatic rings. The van der Waals surface area contributed by atoms with Gasteiger partial charge >= 0.3 is 0 Å². The van der Waals surface area contributed by atoms with Crippen molar-refractivity contribution in [3.8, 4) is 0 Å². The van der Waals surface area contributed by atoms with Crippen LogP contribution in [0, 0.1) is 0 Å². The number of carbonyl (C=O) groups excluding carboxylic acids is 2. The third-order valence-corrected chi connectivity index (χ3v) is 5.41. The zero-order valence-corrected chi connectivity index (χ0v) is 15.9. The van der Waals surface area contributed by atoms with Crippen molar-refractivity contribution < 1.29 is 14.3 Å². The van der Waals surface area contributed by atoms with Gasteiger partial charge in [0.05, 0.1) is 25.1 Å². The number of amides is 2. The van der Waals surface area contributed by atoms with Crippen LogP contribution in [0.2, 0.25) is 0 Å². The predicted octanol–water partition coefficient (Wildman–Crippen LogP) is 3.30. The number of rotatable bonds is 5. The van der Waals surface area contributed by atoms with E-state index in [9.17, 15) is 9.59 Å². The summed E-state index contributed by atoms with van der Waals surface area (Å²) in [6.07, 6.45) is 0.109. The molecule has 1 aromatic heterocycles. The van der Waals surface area contributed by atoms with E-state index in [-0.39, 0.29) is 36.5 Å². The second-order valence-corrected chi connectivity index (χ2v) is 7.60. The number of hydrogen-bond acceptors (Lipinski definition) is 4. The lowest BCUT2D eigenvalue weighted by atomic mass is 10.1. The third kappa shape index (κ3) is 4.71. The summed E-state index contributed by atoms with van der Waals surface area (Å²) >= 11 is 1.55. The van der Waals surface area contributed by atoms with Crippen molar-refractivity contribution in [3.63, 3.8) is 0 Å². The van der Waals surface area contributed by atoms with Crippen molar-refractivity contribution in [2.75, 3.05) is 13.1 Å². The minimum absolute atomic E-state index is 0.0288. The van der Waals surface area contributed by atoms with E-state index in [2.05, 4.69) is 5.32 Å². The van der Waals surface area contributed by atoms with Crippen molar-refractivity contribution in [3.05, 3.63) is 58.3 Å². The second-order valence-electron chi connectivity index (χ2n) is 6.62. The van der Waals surface area contributed by atoms with Gasteiger partial charge in [0.25, 0.3) is 0 Å². The number of morpholine rings is 1. The molecule has 2 heterocycles. The first-order valence-electron chi connectivity index (χ1n) is 8.81. The summed E-state index contributed by atoms with van der Waals surface area (Å²) in [5.74, 6) is -0.0954. The standard InChI is InChI=1S/C20H24N2O3S/c1-14-12-22(13-18(25-14)16-7-4-3-5-8-16)20(24)11-17(21-15(2)23)19-9-6-10-26-19/h3-10,14,17-18H,11-13H2,1-2H3,(H,21,23)/t14-,17-,18-/m1/s1. The average molecular weight is 372 g/mol. The highest BCUT2D eigenvalue weighted by Gasteiger charge is 2.31. The number of thiophene rings is 1. The first-order valence-corrected chi connectivity index (χ1v) is 9.69. The molecular formula is C20H24N2O3S. The van der Waals surface area contributed by atoms with E-state index in [1.807, 2.05) is 59.7 Å². The molecule has 1 aliphatic heterocycles. The highest BCUT2D eigenvalue weighted by Crippen LogP contribution is 2.28. The summed E-state index contributed by atoms with van der Waals surface area (Å²) in [7, 11) is 0. The molecule has 1 fully saturated rings. The molecule has 2 amide bonds. The topological polar surface area (TPSA) is 58.6 Å². The molecule has 138 valence electrons. The Morgan fingerprint density at radius 3 is 2.65 bits per heavy atom. The van der Waals surface area contributed by atoms with Gasteiger partial charge in [-0.1, -0.05) is 36.4 Å². The third-order valence-electron chi connectivity index (χ3n) is 4.43. The van der Waals surface area contributed by atoms with E-state index < -0.39 is 0 Å². The fraction of sp³-hybridized carbons (Fsp3) is 0.400. The molecule has 3 atom stereocenters. The van der Waals surface area contributed by atoms with E-state index in [1.54, 1.807) is 11.3 Å². The molecule has 0 unspecified atom stereocenters. The molecule has 6 heteroatoms. The van der Waals surface area contributed by atoms with Gasteiger partial charge in [0.1, 0.15) is 6.10 Å². The van der Waals surface area contributed by atoms with E-state index in [0.717, 1.165) is 10.4 Å². The van der Waals surface area contributed by atoms with Crippen molar-refractivity contribution in [2.45, 2.75) is 38.5 Å². The Morgan fingerprint density at radius 2 is 2.00 bits per heavy atom. The molecule has 0 saturated carbocycles. The molecule has 1 N–H and O–H groups in total. The Kier molecular flexibility index (Phi) is 6.06. The van der Waals surface area contributed by atoms with Gasteiger partial charge in [-0.3, -0.25) is 9.59 Å². The number of nitrogens with zero attached hydrogens (tertiary/aromatic N) is 1. The molecular weight excluding hydrogens is 348 g/mol. The summed E-state index contributed by atoms with van der Waals surface area (Å²) in [6, 6.07) is 13.6. The molecule has 0 aliphatic carbocycles. The molecule has 26 heavy (non-hydrogen) atoms. The minimum atomic E-state index is -0.284. The summed E-state index contributed by atoms with van der Waals surface area (Å²) in [6.45, 7) is 4.57. The van der Waals surface area contributed by atoms with Crippen molar-refractivity contribution in [1.82, 2.24) is 10.2 Å². The Bertz CT molecular complexity index is 733. The maximum absolute atomic E-state index is 12.9. The van der Waals surface area contributed by atoms with Gasteiger partial charge in [-0.25, -0.2) is 0 Å². The Hall–Kier alpha value is -2.18. The molecule has 0 spiro atoms. The summed E-state index contributed by atoms with van der Waals surface area (Å²) < 4.78 is 6.03. The van der Waals surface area contributed by atoms with Gasteiger partial charge in [-0.15, -0.1) is 11.3 Å². The lowest BCUT2D eigenvalue weighted by Gasteiger charge is -2.37. The van der Waals surface area contributed by atoms with Crippen molar-refractivity contribution in [1.29, 1.82) is 0 Å². The van der Waals surface area contributed by atoms with Crippen LogP contribution in [0.25, 0.3) is 0 Å². The number of hydrogen-bond donors (Lipinski definition) is 1. The normalized spacial score (nSPS) is 21.2. The van der Waals surface area contributed by atoms with Crippen LogP contribution in [0.15, 0.2) is 47.8 Å². The Labute approximate surface area is 158 Å². The largest absolute Gasteiger partial charge is 0.367 e. The highest BCUT2D eigenvalue weighted by atomic mass is 32.1. The van der Waals surface area contributed by atoms with E-state index in [0.29, 0.717) is 13.1 Å². The molecule has 3 rings (SSSR count). The van der Waals surface area contributed by atoms with Crippen molar-refractivity contribution >= 4 is 23.2 Å². The lowest BCUT2D eigenvalue weighted by molar-refractivity contribution is -0.145. The smallest absolute Gasteiger partial charge is 0.225 e. The van der Waals surface area contributed by atoms with Gasteiger partial charge in [-0.2, -0.15) is 0 Å². The minimum Gasteiger partial charge on any atom is -0.367 e. The van der Waals surface area contributed by atoms with Crippen LogP contribution < -0.4 is 5.32 Å². The molecule has 1 aliphatic rings. The maximum Gasteiger partial charge on any atom is 0.225 e. The lowest BCUT2D eigenvalue weighted by Crippen LogP contribution is -2.47. The zero-order valence-electron chi connectivity index (χ0n) is 15.1. The van der Waals surface area contributed by atoms with Crippen LogP contribution >= 0.6 is 11.3 Å². The summed E-state index contributed by atoms with van der Waals surface area (Å²) in [5.41, 5.74) is 1.08. The quantitative estimate of drug-likeness (QED) is 0.876. The molecule has 0 radical (unpaired) electrons. The van der Waals surface area contributed by atoms with Crippen LogP contribution in [0.5, 0.6) is 0 Å². The van der Waals surface area contributed by atoms with Crippen LogP contribution in [-0.2, 0) is 14.3 Å². The SMILES string of the molecule is CC(=O)N[C@H](CC(=O)N1C[C@@H](C)O[C@@H](c2ccccc2)C1)c1cccs1. The Balaban J connectivity index is 1.70. The van der Waals surface area contributed by atoms with Crippen molar-refractivity contribution in [2.24, 2.45) is 0 Å². The van der Waals surface area contributed by atoms with Gasteiger partial charge in [-0.05, 0) is 23.9 Å². The van der Waals surface area contributed by atoms with Gasteiger partial charge < -0.3 is 15.0 Å². The highest BCUT2D eigenvalue weighted by molar-refractivity contribution is 7.10. The van der Waals surface area contributed by atoms with Gasteiger partial charge in [0.15, 0.2) is 0 Å². The first-order chi connectivity index (χ1) is 12.5. The number of benzene rings is 1. The Morgan fingerprint density at radius 1 is 1.23 bits per heavy atom. The average Bonchev–Trinajstić information content (AvgIpc) is 3.15. The predicted molar refractivity (Wildman–Crippen MR) is 102 cm³/mol. The second kappa shape index (κ2) is 8.47. The van der Waals surface area contributed by atoms with E-state index in [4.69, 9.17) is 4.74 Å². The monoisotopic (exact) mass is 372 g/mol. The first kappa shape index (κ1) is 18.6. The molecule has 1 aromatic carbocycles. The van der Waals surface area contributed by atoms with Gasteiger partial charge in [0.2, 0.25) is 11.8 Å². The van der Waals surface area contributed by atoms with Gasteiger partial charge in [0, 0.05) is 18.3 Å². The van der Waals surface area contributed by atoms with E-state index in [1.165, 1.54) is 6.92 Å².